The lowest BCUT2D eigenvalue weighted by Gasteiger charge is -2.40. The number of benzene rings is 2. The number of anilines is 2. The Hall–Kier alpha value is -2.94. The molecule has 1 aliphatic rings. The molecule has 0 bridgehead atoms. The third-order valence-corrected chi connectivity index (χ3v) is 6.94. The number of aliphatic carboxylic acids is 1. The van der Waals surface area contributed by atoms with E-state index >= 15 is 0 Å². The van der Waals surface area contributed by atoms with Crippen LogP contribution in [0.2, 0.25) is 0 Å². The van der Waals surface area contributed by atoms with Gasteiger partial charge in [0.25, 0.3) is 0 Å². The SMILES string of the molecule is C[C@@H]1C[C@H](n2c(Nc3ccc(SC(F)(F)F)cc3)nc3cc(/C=C/C(=O)O)ccc32)CC(C)(C)C1. The molecule has 35 heavy (non-hydrogen) atoms. The third kappa shape index (κ3) is 6.39. The number of carboxylic acid groups (broad SMARTS) is 1. The van der Waals surface area contributed by atoms with Gasteiger partial charge in [-0.1, -0.05) is 26.8 Å². The smallest absolute Gasteiger partial charge is 0.446 e. The first kappa shape index (κ1) is 25.2. The van der Waals surface area contributed by atoms with Crippen LogP contribution in [-0.2, 0) is 4.79 Å². The third-order valence-electron chi connectivity index (χ3n) is 6.20. The summed E-state index contributed by atoms with van der Waals surface area (Å²) in [5, 5.41) is 12.3. The van der Waals surface area contributed by atoms with Crippen LogP contribution >= 0.6 is 11.8 Å². The van der Waals surface area contributed by atoms with Gasteiger partial charge in [0.05, 0.1) is 11.0 Å². The summed E-state index contributed by atoms with van der Waals surface area (Å²) in [7, 11) is 0. The summed E-state index contributed by atoms with van der Waals surface area (Å²) < 4.78 is 40.3. The van der Waals surface area contributed by atoms with Gasteiger partial charge in [-0.05, 0) is 90.4 Å². The number of rotatable bonds is 6. The molecule has 0 amide bonds. The predicted octanol–water partition coefficient (Wildman–Crippen LogP) is 7.88. The van der Waals surface area contributed by atoms with E-state index in [1.807, 2.05) is 18.2 Å². The van der Waals surface area contributed by atoms with Crippen LogP contribution in [0.15, 0.2) is 53.4 Å². The Kier molecular flexibility index (Phi) is 6.90. The van der Waals surface area contributed by atoms with Crippen molar-refractivity contribution in [1.82, 2.24) is 9.55 Å². The van der Waals surface area contributed by atoms with Crippen LogP contribution < -0.4 is 5.32 Å². The lowest BCUT2D eigenvalue weighted by molar-refractivity contribution is -0.131. The molecule has 1 fully saturated rings. The highest BCUT2D eigenvalue weighted by atomic mass is 32.2. The highest BCUT2D eigenvalue weighted by Gasteiger charge is 2.34. The minimum atomic E-state index is -4.33. The van der Waals surface area contributed by atoms with Gasteiger partial charge < -0.3 is 15.0 Å². The highest BCUT2D eigenvalue weighted by molar-refractivity contribution is 8.00. The highest BCUT2D eigenvalue weighted by Crippen LogP contribution is 2.46. The number of fused-ring (bicyclic) bond motifs is 1. The zero-order valence-corrected chi connectivity index (χ0v) is 20.6. The largest absolute Gasteiger partial charge is 0.478 e. The number of nitrogens with one attached hydrogen (secondary N) is 1. The summed E-state index contributed by atoms with van der Waals surface area (Å²) in [6.07, 6.45) is 5.71. The van der Waals surface area contributed by atoms with Crippen molar-refractivity contribution in [2.24, 2.45) is 11.3 Å². The van der Waals surface area contributed by atoms with E-state index < -0.39 is 11.5 Å². The fourth-order valence-corrected chi connectivity index (χ4v) is 5.75. The molecule has 2 N–H and O–H groups in total. The van der Waals surface area contributed by atoms with E-state index in [-0.39, 0.29) is 28.1 Å². The van der Waals surface area contributed by atoms with Gasteiger partial charge in [-0.2, -0.15) is 13.2 Å². The molecule has 3 aromatic rings. The Bertz CT molecular complexity index is 1250. The second-order valence-corrected chi connectivity index (χ2v) is 11.1. The second kappa shape index (κ2) is 9.60. The molecule has 1 aromatic heterocycles. The number of halogens is 3. The van der Waals surface area contributed by atoms with Crippen LogP contribution in [-0.4, -0.2) is 26.1 Å². The maximum absolute atomic E-state index is 12.7. The Morgan fingerprint density at radius 3 is 2.54 bits per heavy atom. The molecule has 5 nitrogen and oxygen atoms in total. The molecular formula is C26H28F3N3O2S. The van der Waals surface area contributed by atoms with E-state index in [9.17, 15) is 18.0 Å². The van der Waals surface area contributed by atoms with Crippen molar-refractivity contribution in [1.29, 1.82) is 0 Å². The summed E-state index contributed by atoms with van der Waals surface area (Å²) in [6, 6.07) is 12.0. The fraction of sp³-hybridized carbons (Fsp3) is 0.385. The number of hydrogen-bond donors (Lipinski definition) is 2. The molecule has 2 atom stereocenters. The number of hydrogen-bond acceptors (Lipinski definition) is 4. The monoisotopic (exact) mass is 503 g/mol. The van der Waals surface area contributed by atoms with Gasteiger partial charge in [-0.15, -0.1) is 0 Å². The van der Waals surface area contributed by atoms with Crippen LogP contribution in [0.3, 0.4) is 0 Å². The van der Waals surface area contributed by atoms with Crippen LogP contribution in [0.5, 0.6) is 0 Å². The molecular weight excluding hydrogens is 475 g/mol. The van der Waals surface area contributed by atoms with E-state index in [1.54, 1.807) is 12.1 Å². The number of thioether (sulfide) groups is 1. The normalized spacial score (nSPS) is 20.4. The lowest BCUT2D eigenvalue weighted by Crippen LogP contribution is -2.29. The summed E-state index contributed by atoms with van der Waals surface area (Å²) >= 11 is -0.143. The molecule has 0 radical (unpaired) electrons. The number of carboxylic acids is 1. The molecule has 0 unspecified atom stereocenters. The first-order valence-corrected chi connectivity index (χ1v) is 12.3. The average molecular weight is 504 g/mol. The molecule has 1 saturated carbocycles. The van der Waals surface area contributed by atoms with Crippen molar-refractivity contribution in [3.63, 3.8) is 0 Å². The zero-order chi connectivity index (χ0) is 25.4. The molecule has 0 spiro atoms. The van der Waals surface area contributed by atoms with Gasteiger partial charge in [0.15, 0.2) is 0 Å². The van der Waals surface area contributed by atoms with Crippen LogP contribution in [0, 0.1) is 11.3 Å². The number of nitrogens with zero attached hydrogens (tertiary/aromatic N) is 2. The summed E-state index contributed by atoms with van der Waals surface area (Å²) in [5.41, 5.74) is -1.15. The van der Waals surface area contributed by atoms with Gasteiger partial charge in [-0.3, -0.25) is 0 Å². The quantitative estimate of drug-likeness (QED) is 0.265. The average Bonchev–Trinajstić information content (AvgIpc) is 3.08. The maximum Gasteiger partial charge on any atom is 0.446 e. The standard InChI is InChI=1S/C26H28F3N3O2S/c1-16-12-19(15-25(2,3)14-16)32-22-10-4-17(5-11-23(33)34)13-21(22)31-24(32)30-18-6-8-20(9-7-18)35-26(27,28)29/h4-11,13,16,19H,12,14-15H2,1-3H3,(H,30,31)(H,33,34)/b11-5+/t16-,19+/m1/s1. The Labute approximate surface area is 206 Å². The van der Waals surface area contributed by atoms with E-state index in [2.05, 4.69) is 30.7 Å². The topological polar surface area (TPSA) is 67.2 Å². The first-order chi connectivity index (χ1) is 16.4. The number of aromatic nitrogens is 2. The van der Waals surface area contributed by atoms with Gasteiger partial charge in [0, 0.05) is 22.7 Å². The molecule has 0 saturated heterocycles. The van der Waals surface area contributed by atoms with Gasteiger partial charge >= 0.3 is 11.5 Å². The Morgan fingerprint density at radius 1 is 1.20 bits per heavy atom. The molecule has 1 aliphatic carbocycles. The maximum atomic E-state index is 12.7. The van der Waals surface area contributed by atoms with Crippen molar-refractivity contribution in [3.8, 4) is 0 Å². The van der Waals surface area contributed by atoms with E-state index in [1.165, 1.54) is 18.2 Å². The van der Waals surface area contributed by atoms with Gasteiger partial charge in [0.2, 0.25) is 5.95 Å². The van der Waals surface area contributed by atoms with Crippen molar-refractivity contribution < 1.29 is 23.1 Å². The summed E-state index contributed by atoms with van der Waals surface area (Å²) in [6.45, 7) is 6.80. The van der Waals surface area contributed by atoms with Crippen LogP contribution in [0.1, 0.15) is 51.6 Å². The van der Waals surface area contributed by atoms with Gasteiger partial charge in [0.1, 0.15) is 0 Å². The number of carbonyl (C=O) groups is 1. The van der Waals surface area contributed by atoms with Crippen molar-refractivity contribution in [2.75, 3.05) is 5.32 Å². The second-order valence-electron chi connectivity index (χ2n) is 9.99. The van der Waals surface area contributed by atoms with Crippen LogP contribution in [0.25, 0.3) is 17.1 Å². The minimum Gasteiger partial charge on any atom is -0.478 e. The van der Waals surface area contributed by atoms with Gasteiger partial charge in [-0.25, -0.2) is 9.78 Å². The van der Waals surface area contributed by atoms with Crippen LogP contribution in [0.4, 0.5) is 24.8 Å². The lowest BCUT2D eigenvalue weighted by atomic mass is 9.70. The molecule has 186 valence electrons. The van der Waals surface area contributed by atoms with Crippen molar-refractivity contribution in [2.45, 2.75) is 56.5 Å². The minimum absolute atomic E-state index is 0.120. The van der Waals surface area contributed by atoms with Crippen molar-refractivity contribution >= 4 is 46.5 Å². The summed E-state index contributed by atoms with van der Waals surface area (Å²) in [4.78, 5) is 15.8. The van der Waals surface area contributed by atoms with E-state index in [0.717, 1.165) is 41.9 Å². The molecule has 4 rings (SSSR count). The molecule has 1 heterocycles. The molecule has 9 heteroatoms. The molecule has 0 aliphatic heterocycles. The zero-order valence-electron chi connectivity index (χ0n) is 19.8. The fourth-order valence-electron chi connectivity index (χ4n) is 5.21. The van der Waals surface area contributed by atoms with E-state index in [4.69, 9.17) is 10.1 Å². The molecule has 2 aromatic carbocycles. The van der Waals surface area contributed by atoms with E-state index in [0.29, 0.717) is 17.6 Å². The van der Waals surface area contributed by atoms with Crippen molar-refractivity contribution in [3.05, 3.63) is 54.1 Å². The predicted molar refractivity (Wildman–Crippen MR) is 134 cm³/mol. The first-order valence-electron chi connectivity index (χ1n) is 11.4. The Morgan fingerprint density at radius 2 is 1.91 bits per heavy atom. The Balaban J connectivity index is 1.73. The number of imidazole rings is 1. The summed E-state index contributed by atoms with van der Waals surface area (Å²) in [5.74, 6) is 0.125. The number of alkyl halides is 3.